The Balaban J connectivity index is 2.77. The Hall–Kier alpha value is -0.730. The first-order valence-electron chi connectivity index (χ1n) is 8.42. The number of esters is 1. The van der Waals surface area contributed by atoms with Gasteiger partial charge >= 0.3 is 5.97 Å². The van der Waals surface area contributed by atoms with Crippen LogP contribution < -0.4 is 4.72 Å². The minimum absolute atomic E-state index is 0.113. The molecule has 1 N–H and O–H groups in total. The van der Waals surface area contributed by atoms with Crippen molar-refractivity contribution in [2.75, 3.05) is 25.6 Å². The van der Waals surface area contributed by atoms with Crippen molar-refractivity contribution < 1.29 is 18.8 Å². The van der Waals surface area contributed by atoms with Crippen molar-refractivity contribution in [1.82, 2.24) is 4.72 Å². The number of benzene rings is 1. The van der Waals surface area contributed by atoms with Gasteiger partial charge in [-0.25, -0.2) is 4.79 Å². The van der Waals surface area contributed by atoms with Crippen LogP contribution in [0.2, 0.25) is 0 Å². The number of hydrogen-bond donors (Lipinski definition) is 1. The van der Waals surface area contributed by atoms with Gasteiger partial charge in [-0.2, -0.15) is 0 Å². The van der Waals surface area contributed by atoms with Gasteiger partial charge in [0, 0.05) is 16.3 Å². The molecule has 0 aliphatic heterocycles. The Labute approximate surface area is 158 Å². The van der Waals surface area contributed by atoms with E-state index < -0.39 is 22.1 Å². The van der Waals surface area contributed by atoms with Crippen molar-refractivity contribution in [2.24, 2.45) is 0 Å². The lowest BCUT2D eigenvalue weighted by Gasteiger charge is -2.28. The summed E-state index contributed by atoms with van der Waals surface area (Å²) in [4.78, 5) is 12.6. The third kappa shape index (κ3) is 8.46. The number of hydrogen-bond acceptors (Lipinski definition) is 6. The summed E-state index contributed by atoms with van der Waals surface area (Å²) < 4.78 is 25.5. The third-order valence-corrected chi connectivity index (χ3v) is 5.71. The van der Waals surface area contributed by atoms with Gasteiger partial charge in [0.1, 0.15) is 17.4 Å². The zero-order valence-electron chi connectivity index (χ0n) is 15.7. The van der Waals surface area contributed by atoms with Gasteiger partial charge in [0.05, 0.1) is 13.2 Å². The Morgan fingerprint density at radius 2 is 1.92 bits per heavy atom. The first-order valence-corrected chi connectivity index (χ1v) is 10.6. The second-order valence-corrected chi connectivity index (χ2v) is 9.71. The molecule has 0 spiro atoms. The highest BCUT2D eigenvalue weighted by molar-refractivity contribution is 7.99. The van der Waals surface area contributed by atoms with Crippen LogP contribution in [0.5, 0.6) is 0 Å². The van der Waals surface area contributed by atoms with Crippen molar-refractivity contribution >= 4 is 29.1 Å². The molecule has 5 nitrogen and oxygen atoms in total. The lowest BCUT2D eigenvalue weighted by Crippen LogP contribution is -2.42. The molecule has 1 unspecified atom stereocenters. The van der Waals surface area contributed by atoms with Gasteiger partial charge in [-0.15, -0.1) is 16.5 Å². The van der Waals surface area contributed by atoms with E-state index in [9.17, 15) is 9.35 Å². The van der Waals surface area contributed by atoms with Gasteiger partial charge in [-0.1, -0.05) is 19.1 Å². The van der Waals surface area contributed by atoms with Crippen LogP contribution in [0.3, 0.4) is 0 Å². The summed E-state index contributed by atoms with van der Waals surface area (Å²) in [7, 11) is 0. The van der Waals surface area contributed by atoms with Gasteiger partial charge in [0.2, 0.25) is 0 Å². The average molecular weight is 388 g/mol. The van der Waals surface area contributed by atoms with E-state index in [1.165, 1.54) is 4.90 Å². The van der Waals surface area contributed by atoms with E-state index in [-0.39, 0.29) is 19.3 Å². The maximum atomic E-state index is 12.5. The summed E-state index contributed by atoms with van der Waals surface area (Å²) in [6.45, 7) is 10.0. The van der Waals surface area contributed by atoms with Crippen LogP contribution >= 0.6 is 11.8 Å². The highest BCUT2D eigenvalue weighted by atomic mass is 32.2. The van der Waals surface area contributed by atoms with E-state index in [1.54, 1.807) is 18.7 Å². The molecule has 0 heterocycles. The second-order valence-electron chi connectivity index (χ2n) is 6.37. The summed E-state index contributed by atoms with van der Waals surface area (Å²) in [5, 5.41) is 0. The summed E-state index contributed by atoms with van der Waals surface area (Å²) in [6, 6.07) is 7.83. The van der Waals surface area contributed by atoms with Crippen molar-refractivity contribution in [3.8, 4) is 0 Å². The van der Waals surface area contributed by atoms with E-state index >= 15 is 0 Å². The standard InChI is InChI=1S/C18H29NO4S2/c1-6-23-17(20)13-22-12-16(19-25(21)18(3,4)5)14-8-10-15(11-9-14)24-7-2/h8-11,16,19H,6-7,12-13H2,1-5H3/t16-,25?/m0/s1. The van der Waals surface area contributed by atoms with Crippen molar-refractivity contribution in [3.05, 3.63) is 29.8 Å². The molecule has 0 saturated heterocycles. The highest BCUT2D eigenvalue weighted by Crippen LogP contribution is 2.23. The molecule has 0 fully saturated rings. The Kier molecular flexibility index (Phi) is 9.89. The van der Waals surface area contributed by atoms with Gasteiger partial charge in [0.15, 0.2) is 0 Å². The van der Waals surface area contributed by atoms with Crippen LogP contribution in [0.25, 0.3) is 0 Å². The van der Waals surface area contributed by atoms with Crippen LogP contribution in [0, 0.1) is 0 Å². The van der Waals surface area contributed by atoms with E-state index in [2.05, 4.69) is 11.6 Å². The molecule has 142 valence electrons. The van der Waals surface area contributed by atoms with Crippen LogP contribution in [0.1, 0.15) is 46.2 Å². The molecule has 0 aliphatic carbocycles. The van der Waals surface area contributed by atoms with Crippen LogP contribution in [-0.4, -0.2) is 40.8 Å². The topological polar surface area (TPSA) is 70.6 Å². The number of ether oxygens (including phenoxy) is 2. The Bertz CT molecular complexity index is 517. The molecular formula is C18H29NO4S2. The maximum absolute atomic E-state index is 12.5. The molecule has 0 amide bonds. The van der Waals surface area contributed by atoms with Gasteiger partial charge in [-0.05, 0) is 51.1 Å². The monoisotopic (exact) mass is 387 g/mol. The summed E-state index contributed by atoms with van der Waals surface area (Å²) in [6.07, 6.45) is 0. The minimum Gasteiger partial charge on any atom is -0.598 e. The fraction of sp³-hybridized carbons (Fsp3) is 0.611. The number of nitrogens with one attached hydrogen (secondary N) is 1. The van der Waals surface area contributed by atoms with E-state index in [0.29, 0.717) is 6.61 Å². The normalized spacial score (nSPS) is 14.2. The van der Waals surface area contributed by atoms with E-state index in [4.69, 9.17) is 9.47 Å². The van der Waals surface area contributed by atoms with Gasteiger partial charge in [0.25, 0.3) is 0 Å². The van der Waals surface area contributed by atoms with Crippen LogP contribution in [0.4, 0.5) is 0 Å². The lowest BCUT2D eigenvalue weighted by atomic mass is 10.1. The quantitative estimate of drug-likeness (QED) is 0.377. The zero-order chi connectivity index (χ0) is 18.9. The van der Waals surface area contributed by atoms with Gasteiger partial charge in [-0.3, -0.25) is 0 Å². The highest BCUT2D eigenvalue weighted by Gasteiger charge is 2.30. The molecule has 0 bridgehead atoms. The minimum atomic E-state index is -1.25. The molecular weight excluding hydrogens is 358 g/mol. The average Bonchev–Trinajstić information content (AvgIpc) is 2.54. The number of rotatable bonds is 10. The molecule has 1 rings (SSSR count). The summed E-state index contributed by atoms with van der Waals surface area (Å²) in [5.74, 6) is 0.616. The predicted molar refractivity (Wildman–Crippen MR) is 104 cm³/mol. The summed E-state index contributed by atoms with van der Waals surface area (Å²) in [5.41, 5.74) is 0.974. The first kappa shape index (κ1) is 22.3. The number of carbonyl (C=O) groups excluding carboxylic acids is 1. The third-order valence-electron chi connectivity index (χ3n) is 3.21. The first-order chi connectivity index (χ1) is 11.8. The Morgan fingerprint density at radius 3 is 2.44 bits per heavy atom. The molecule has 7 heteroatoms. The zero-order valence-corrected chi connectivity index (χ0v) is 17.3. The molecule has 0 aliphatic rings. The molecule has 0 radical (unpaired) electrons. The molecule has 2 atom stereocenters. The summed E-state index contributed by atoms with van der Waals surface area (Å²) >= 11 is 0.523. The fourth-order valence-electron chi connectivity index (χ4n) is 1.93. The molecule has 0 saturated carbocycles. The largest absolute Gasteiger partial charge is 0.598 e. The second kappa shape index (κ2) is 11.1. The fourth-order valence-corrected chi connectivity index (χ4v) is 3.41. The lowest BCUT2D eigenvalue weighted by molar-refractivity contribution is -0.148. The number of carbonyl (C=O) groups is 1. The van der Waals surface area contributed by atoms with E-state index in [0.717, 1.165) is 11.3 Å². The van der Waals surface area contributed by atoms with Crippen LogP contribution in [0.15, 0.2) is 29.2 Å². The maximum Gasteiger partial charge on any atom is 0.332 e. The van der Waals surface area contributed by atoms with Crippen LogP contribution in [-0.2, 0) is 25.6 Å². The predicted octanol–water partition coefficient (Wildman–Crippen LogP) is 3.47. The molecule has 1 aromatic rings. The SMILES string of the molecule is CCOC(=O)COC[C@H](N[S+]([O-])C(C)(C)C)c1ccc(SCC)cc1. The van der Waals surface area contributed by atoms with Crippen molar-refractivity contribution in [1.29, 1.82) is 0 Å². The Morgan fingerprint density at radius 1 is 1.28 bits per heavy atom. The van der Waals surface area contributed by atoms with Gasteiger partial charge < -0.3 is 14.0 Å². The smallest absolute Gasteiger partial charge is 0.332 e. The number of thioether (sulfide) groups is 1. The molecule has 0 aromatic heterocycles. The van der Waals surface area contributed by atoms with Crippen molar-refractivity contribution in [2.45, 2.75) is 50.3 Å². The van der Waals surface area contributed by atoms with Crippen molar-refractivity contribution in [3.63, 3.8) is 0 Å². The van der Waals surface area contributed by atoms with E-state index in [1.807, 2.05) is 45.0 Å². The molecule has 1 aromatic carbocycles. The molecule has 25 heavy (non-hydrogen) atoms.